The molecule has 1 spiro atoms. The third-order valence-electron chi connectivity index (χ3n) is 6.77. The molecule has 0 unspecified atom stereocenters. The zero-order chi connectivity index (χ0) is 22.6. The van der Waals surface area contributed by atoms with E-state index in [1.807, 2.05) is 91.9 Å². The molecule has 3 fully saturated rings. The Morgan fingerprint density at radius 1 is 0.909 bits per heavy atom. The van der Waals surface area contributed by atoms with Gasteiger partial charge >= 0.3 is 0 Å². The summed E-state index contributed by atoms with van der Waals surface area (Å²) in [5.41, 5.74) is 2.47. The normalized spacial score (nSPS) is 28.3. The van der Waals surface area contributed by atoms with Gasteiger partial charge in [-0.25, -0.2) is 0 Å². The number of aryl methyl sites for hydroxylation is 1. The number of ether oxygens (including phenoxy) is 2. The first-order valence-corrected chi connectivity index (χ1v) is 11.2. The number of nitrogens with zero attached hydrogens (tertiary/aromatic N) is 2. The Kier molecular flexibility index (Phi) is 4.60. The van der Waals surface area contributed by atoms with Gasteiger partial charge in [-0.05, 0) is 30.2 Å². The highest BCUT2D eigenvalue weighted by Gasteiger charge is 2.75. The van der Waals surface area contributed by atoms with Gasteiger partial charge in [-0.1, -0.05) is 78.4 Å². The molecule has 0 aromatic heterocycles. The van der Waals surface area contributed by atoms with Crippen molar-refractivity contribution in [3.8, 4) is 0 Å². The van der Waals surface area contributed by atoms with Crippen LogP contribution in [0.15, 0.2) is 84.9 Å². The number of morpholine rings is 1. The second-order valence-corrected chi connectivity index (χ2v) is 8.88. The maximum Gasteiger partial charge on any atom is 0.265 e. The van der Waals surface area contributed by atoms with Crippen LogP contribution in [-0.2, 0) is 25.6 Å². The summed E-state index contributed by atoms with van der Waals surface area (Å²) < 4.78 is 12.3. The van der Waals surface area contributed by atoms with E-state index in [0.29, 0.717) is 13.1 Å². The molecule has 4 atom stereocenters. The van der Waals surface area contributed by atoms with Gasteiger partial charge in [0, 0.05) is 12.2 Å². The number of amides is 2. The van der Waals surface area contributed by atoms with Crippen molar-refractivity contribution in [1.29, 1.82) is 0 Å². The summed E-state index contributed by atoms with van der Waals surface area (Å²) in [6, 6.07) is 26.9. The first-order valence-electron chi connectivity index (χ1n) is 11.2. The van der Waals surface area contributed by atoms with E-state index in [9.17, 15) is 9.59 Å². The fourth-order valence-corrected chi connectivity index (χ4v) is 5.19. The Morgan fingerprint density at radius 2 is 1.58 bits per heavy atom. The van der Waals surface area contributed by atoms with Crippen LogP contribution in [0.1, 0.15) is 22.7 Å². The van der Waals surface area contributed by atoms with Gasteiger partial charge in [0.25, 0.3) is 11.8 Å². The number of benzene rings is 3. The van der Waals surface area contributed by atoms with E-state index in [1.165, 1.54) is 0 Å². The average molecular weight is 440 g/mol. The van der Waals surface area contributed by atoms with Crippen molar-refractivity contribution in [1.82, 2.24) is 4.90 Å². The summed E-state index contributed by atoms with van der Waals surface area (Å²) in [6.07, 6.45) is -1.61. The maximum absolute atomic E-state index is 13.8. The van der Waals surface area contributed by atoms with Gasteiger partial charge < -0.3 is 14.4 Å². The molecular formula is C27H24N2O4. The highest BCUT2D eigenvalue weighted by molar-refractivity contribution is 6.12. The monoisotopic (exact) mass is 440 g/mol. The van der Waals surface area contributed by atoms with E-state index in [-0.39, 0.29) is 11.8 Å². The smallest absolute Gasteiger partial charge is 0.265 e. The molecule has 6 nitrogen and oxygen atoms in total. The van der Waals surface area contributed by atoms with Crippen LogP contribution in [0, 0.1) is 6.92 Å². The summed E-state index contributed by atoms with van der Waals surface area (Å²) in [7, 11) is 0. The Morgan fingerprint density at radius 3 is 2.27 bits per heavy atom. The number of β-lactam (4-membered cyclic amide) rings is 1. The molecule has 6 rings (SSSR count). The third-order valence-corrected chi connectivity index (χ3v) is 6.77. The number of fused-ring (bicyclic) bond motifs is 3. The van der Waals surface area contributed by atoms with Gasteiger partial charge in [0.05, 0.1) is 6.54 Å². The Balaban J connectivity index is 1.38. The second kappa shape index (κ2) is 7.54. The minimum absolute atomic E-state index is 0.203. The zero-order valence-corrected chi connectivity index (χ0v) is 18.3. The van der Waals surface area contributed by atoms with Crippen molar-refractivity contribution in [2.75, 3.05) is 11.4 Å². The highest BCUT2D eigenvalue weighted by Crippen LogP contribution is 2.55. The lowest BCUT2D eigenvalue weighted by molar-refractivity contribution is -0.164. The molecule has 2 bridgehead atoms. The molecule has 0 aliphatic carbocycles. The topological polar surface area (TPSA) is 59.1 Å². The molecule has 166 valence electrons. The maximum atomic E-state index is 13.8. The highest BCUT2D eigenvalue weighted by atomic mass is 16.8. The summed E-state index contributed by atoms with van der Waals surface area (Å²) in [4.78, 5) is 30.8. The Hall–Kier alpha value is -3.48. The van der Waals surface area contributed by atoms with E-state index in [2.05, 4.69) is 0 Å². The van der Waals surface area contributed by atoms with Crippen molar-refractivity contribution < 1.29 is 19.1 Å². The van der Waals surface area contributed by atoms with Crippen molar-refractivity contribution >= 4 is 17.5 Å². The first-order chi connectivity index (χ1) is 16.1. The standard InChI is InChI=1S/C27H24N2O4/c1-18-12-14-21(15-13-18)29-23(20-10-6-3-7-11-20)27(26(29)31)24-25(30)28(17-22(32-24)33-27)16-19-8-4-2-5-9-19/h2-15,22-24H,16-17H2,1H3/t22-,23+,24-,27+/m0/s1. The van der Waals surface area contributed by atoms with Crippen LogP contribution < -0.4 is 4.90 Å². The predicted octanol–water partition coefficient (Wildman–Crippen LogP) is 3.61. The van der Waals surface area contributed by atoms with Crippen LogP contribution in [0.2, 0.25) is 0 Å². The van der Waals surface area contributed by atoms with E-state index in [4.69, 9.17) is 9.47 Å². The largest absolute Gasteiger partial charge is 0.334 e. The quantitative estimate of drug-likeness (QED) is 0.582. The SMILES string of the molecule is Cc1ccc(N2C(=O)[C@@]3(O[C@H]4CN(Cc5ccccc5)C(=O)[C@@H]3O4)[C@H]2c2ccccc2)cc1. The van der Waals surface area contributed by atoms with Crippen molar-refractivity contribution in [3.63, 3.8) is 0 Å². The minimum atomic E-state index is -1.36. The summed E-state index contributed by atoms with van der Waals surface area (Å²) in [6.45, 7) is 2.77. The molecule has 3 aromatic rings. The molecule has 0 radical (unpaired) electrons. The molecule has 2 amide bonds. The van der Waals surface area contributed by atoms with Crippen LogP contribution >= 0.6 is 0 Å². The van der Waals surface area contributed by atoms with Crippen LogP contribution in [0.5, 0.6) is 0 Å². The van der Waals surface area contributed by atoms with Gasteiger partial charge in [0.2, 0.25) is 5.60 Å². The lowest BCUT2D eigenvalue weighted by Crippen LogP contribution is -2.74. The third kappa shape index (κ3) is 3.02. The number of carbonyl (C=O) groups excluding carboxylic acids is 2. The van der Waals surface area contributed by atoms with E-state index in [0.717, 1.165) is 22.4 Å². The number of hydrogen-bond donors (Lipinski definition) is 0. The van der Waals surface area contributed by atoms with E-state index < -0.39 is 24.0 Å². The molecule has 33 heavy (non-hydrogen) atoms. The summed E-state index contributed by atoms with van der Waals surface area (Å²) >= 11 is 0. The average Bonchev–Trinajstić information content (AvgIpc) is 3.19. The van der Waals surface area contributed by atoms with Gasteiger partial charge in [-0.2, -0.15) is 0 Å². The molecule has 0 saturated carbocycles. The summed E-state index contributed by atoms with van der Waals surface area (Å²) in [5.74, 6) is -0.437. The lowest BCUT2D eigenvalue weighted by Gasteiger charge is -2.54. The van der Waals surface area contributed by atoms with Crippen molar-refractivity contribution in [2.45, 2.75) is 37.5 Å². The molecule has 3 heterocycles. The van der Waals surface area contributed by atoms with Gasteiger partial charge in [0.15, 0.2) is 12.4 Å². The number of anilines is 1. The summed E-state index contributed by atoms with van der Waals surface area (Å²) in [5, 5.41) is 0. The van der Waals surface area contributed by atoms with Crippen LogP contribution in [-0.4, -0.2) is 41.3 Å². The Labute approximate surface area is 192 Å². The number of carbonyl (C=O) groups is 2. The number of rotatable bonds is 4. The molecule has 3 aliphatic heterocycles. The van der Waals surface area contributed by atoms with Crippen molar-refractivity contribution in [2.24, 2.45) is 0 Å². The predicted molar refractivity (Wildman–Crippen MR) is 122 cm³/mol. The van der Waals surface area contributed by atoms with Crippen LogP contribution in [0.4, 0.5) is 5.69 Å². The van der Waals surface area contributed by atoms with E-state index >= 15 is 0 Å². The minimum Gasteiger partial charge on any atom is -0.334 e. The molecule has 3 aromatic carbocycles. The molecule has 6 heteroatoms. The van der Waals surface area contributed by atoms with Gasteiger partial charge in [-0.3, -0.25) is 14.5 Å². The zero-order valence-electron chi connectivity index (χ0n) is 18.3. The fourth-order valence-electron chi connectivity index (χ4n) is 5.19. The van der Waals surface area contributed by atoms with Crippen molar-refractivity contribution in [3.05, 3.63) is 102 Å². The van der Waals surface area contributed by atoms with Gasteiger partial charge in [-0.15, -0.1) is 0 Å². The van der Waals surface area contributed by atoms with Gasteiger partial charge in [0.1, 0.15) is 6.04 Å². The van der Waals surface area contributed by atoms with Crippen LogP contribution in [0.3, 0.4) is 0 Å². The molecule has 3 saturated heterocycles. The molecule has 0 N–H and O–H groups in total. The second-order valence-electron chi connectivity index (χ2n) is 8.88. The Bertz CT molecular complexity index is 1200. The lowest BCUT2D eigenvalue weighted by atomic mass is 9.73. The molecule has 3 aliphatic rings. The number of hydrogen-bond acceptors (Lipinski definition) is 4. The van der Waals surface area contributed by atoms with E-state index in [1.54, 1.807) is 9.80 Å². The van der Waals surface area contributed by atoms with Crippen LogP contribution in [0.25, 0.3) is 0 Å². The first kappa shape index (κ1) is 20.1. The fraction of sp³-hybridized carbons (Fsp3) is 0.259. The molecular weight excluding hydrogens is 416 g/mol.